The number of piperidine rings is 1. The van der Waals surface area contributed by atoms with E-state index in [0.717, 1.165) is 18.7 Å². The van der Waals surface area contributed by atoms with E-state index in [1.807, 2.05) is 23.1 Å². The molecule has 1 amide bonds. The van der Waals surface area contributed by atoms with Gasteiger partial charge in [0.25, 0.3) is 5.91 Å². The highest BCUT2D eigenvalue weighted by atomic mass is 35.5. The van der Waals surface area contributed by atoms with Crippen molar-refractivity contribution < 1.29 is 4.79 Å². The summed E-state index contributed by atoms with van der Waals surface area (Å²) >= 11 is 6.10. The molecule has 0 radical (unpaired) electrons. The molecule has 1 fully saturated rings. The monoisotopic (exact) mass is 316 g/mol. The maximum Gasteiger partial charge on any atom is 0.255 e. The highest BCUT2D eigenvalue weighted by Crippen LogP contribution is 2.21. The Hall–Kier alpha value is -2.14. The van der Waals surface area contributed by atoms with Crippen LogP contribution in [-0.2, 0) is 0 Å². The molecule has 1 N–H and O–H groups in total. The molecule has 0 aliphatic carbocycles. The quantitative estimate of drug-likeness (QED) is 0.946. The van der Waals surface area contributed by atoms with E-state index >= 15 is 0 Å². The predicted molar refractivity (Wildman–Crippen MR) is 86.0 cm³/mol. The highest BCUT2D eigenvalue weighted by molar-refractivity contribution is 6.33. The minimum Gasteiger partial charge on any atom is -0.367 e. The van der Waals surface area contributed by atoms with Crippen molar-refractivity contribution in [2.75, 3.05) is 18.4 Å². The summed E-state index contributed by atoms with van der Waals surface area (Å²) in [5, 5.41) is 3.88. The molecule has 0 spiro atoms. The summed E-state index contributed by atoms with van der Waals surface area (Å²) in [4.78, 5) is 22.4. The molecule has 1 saturated heterocycles. The fourth-order valence-corrected chi connectivity index (χ4v) is 2.83. The second-order valence-electron chi connectivity index (χ2n) is 5.29. The molecule has 3 rings (SSSR count). The van der Waals surface area contributed by atoms with E-state index in [-0.39, 0.29) is 5.91 Å². The number of rotatable bonds is 3. The van der Waals surface area contributed by atoms with Crippen molar-refractivity contribution in [1.29, 1.82) is 0 Å². The van der Waals surface area contributed by atoms with E-state index in [9.17, 15) is 4.79 Å². The van der Waals surface area contributed by atoms with E-state index in [1.165, 1.54) is 6.33 Å². The molecular formula is C16H17ClN4O. The van der Waals surface area contributed by atoms with Crippen LogP contribution in [0, 0.1) is 0 Å². The molecule has 1 aliphatic rings. The second kappa shape index (κ2) is 6.75. The van der Waals surface area contributed by atoms with Crippen LogP contribution in [0.4, 0.5) is 5.82 Å². The van der Waals surface area contributed by atoms with Crippen LogP contribution in [0.15, 0.2) is 42.9 Å². The van der Waals surface area contributed by atoms with Crippen LogP contribution < -0.4 is 5.32 Å². The van der Waals surface area contributed by atoms with Gasteiger partial charge in [0.15, 0.2) is 0 Å². The molecule has 6 heteroatoms. The van der Waals surface area contributed by atoms with Gasteiger partial charge < -0.3 is 10.2 Å². The Morgan fingerprint density at radius 2 is 2.00 bits per heavy atom. The van der Waals surface area contributed by atoms with Crippen molar-refractivity contribution >= 4 is 23.3 Å². The van der Waals surface area contributed by atoms with E-state index in [4.69, 9.17) is 11.6 Å². The third kappa shape index (κ3) is 3.36. The van der Waals surface area contributed by atoms with Crippen LogP contribution in [0.2, 0.25) is 5.02 Å². The minimum atomic E-state index is 0.00564. The lowest BCUT2D eigenvalue weighted by Gasteiger charge is -2.32. The van der Waals surface area contributed by atoms with Crippen LogP contribution >= 0.6 is 11.6 Å². The number of amides is 1. The number of carbonyl (C=O) groups is 1. The van der Waals surface area contributed by atoms with Crippen LogP contribution in [0.3, 0.4) is 0 Å². The summed E-state index contributed by atoms with van der Waals surface area (Å²) in [5.74, 6) is 0.831. The standard InChI is InChI=1S/C16H17ClN4O/c17-14-4-2-1-3-13(14)16(22)21-9-6-12(7-10-21)20-15-5-8-18-11-19-15/h1-5,8,11-12H,6-7,9-10H2,(H,18,19,20). The molecule has 114 valence electrons. The van der Waals surface area contributed by atoms with Gasteiger partial charge in [-0.3, -0.25) is 4.79 Å². The van der Waals surface area contributed by atoms with Crippen LogP contribution in [0.1, 0.15) is 23.2 Å². The average molecular weight is 317 g/mol. The first-order chi connectivity index (χ1) is 10.7. The Kier molecular flexibility index (Phi) is 4.53. The van der Waals surface area contributed by atoms with Gasteiger partial charge in [0, 0.05) is 25.3 Å². The summed E-state index contributed by atoms with van der Waals surface area (Å²) in [6.45, 7) is 1.43. The summed E-state index contributed by atoms with van der Waals surface area (Å²) in [5.41, 5.74) is 0.575. The predicted octanol–water partition coefficient (Wildman–Crippen LogP) is 2.85. The van der Waals surface area contributed by atoms with Gasteiger partial charge in [0.2, 0.25) is 0 Å². The number of carbonyl (C=O) groups excluding carboxylic acids is 1. The normalized spacial score (nSPS) is 15.6. The molecule has 2 heterocycles. The van der Waals surface area contributed by atoms with Gasteiger partial charge >= 0.3 is 0 Å². The van der Waals surface area contributed by atoms with Crippen molar-refractivity contribution in [3.05, 3.63) is 53.4 Å². The van der Waals surface area contributed by atoms with Crippen molar-refractivity contribution in [3.63, 3.8) is 0 Å². The molecule has 0 atom stereocenters. The molecule has 1 aromatic heterocycles. The van der Waals surface area contributed by atoms with Gasteiger partial charge in [0.1, 0.15) is 12.1 Å². The summed E-state index contributed by atoms with van der Waals surface area (Å²) in [7, 11) is 0. The number of nitrogens with one attached hydrogen (secondary N) is 1. The van der Waals surface area contributed by atoms with E-state index in [0.29, 0.717) is 29.7 Å². The Labute approximate surface area is 134 Å². The van der Waals surface area contributed by atoms with Crippen LogP contribution in [0.5, 0.6) is 0 Å². The molecule has 0 bridgehead atoms. The lowest BCUT2D eigenvalue weighted by atomic mass is 10.0. The Morgan fingerprint density at radius 3 is 2.68 bits per heavy atom. The van der Waals surface area contributed by atoms with Gasteiger partial charge in [-0.05, 0) is 31.0 Å². The first-order valence-electron chi connectivity index (χ1n) is 7.30. The number of halogens is 1. The molecule has 0 unspecified atom stereocenters. The van der Waals surface area contributed by atoms with Gasteiger partial charge in [-0.25, -0.2) is 9.97 Å². The Morgan fingerprint density at radius 1 is 1.23 bits per heavy atom. The summed E-state index contributed by atoms with van der Waals surface area (Å²) in [6, 6.07) is 9.36. The van der Waals surface area contributed by atoms with Gasteiger partial charge in [-0.1, -0.05) is 23.7 Å². The zero-order chi connectivity index (χ0) is 15.4. The lowest BCUT2D eigenvalue weighted by molar-refractivity contribution is 0.0718. The zero-order valence-electron chi connectivity index (χ0n) is 12.1. The topological polar surface area (TPSA) is 58.1 Å². The largest absolute Gasteiger partial charge is 0.367 e. The molecule has 1 aromatic carbocycles. The van der Waals surface area contributed by atoms with Crippen molar-refractivity contribution in [1.82, 2.24) is 14.9 Å². The number of aromatic nitrogens is 2. The molecule has 2 aromatic rings. The van der Waals surface area contributed by atoms with Crippen LogP contribution in [0.25, 0.3) is 0 Å². The zero-order valence-corrected chi connectivity index (χ0v) is 12.8. The van der Waals surface area contributed by atoms with Crippen molar-refractivity contribution in [3.8, 4) is 0 Å². The number of benzene rings is 1. The Balaban J connectivity index is 1.58. The van der Waals surface area contributed by atoms with E-state index < -0.39 is 0 Å². The third-order valence-electron chi connectivity index (χ3n) is 3.82. The van der Waals surface area contributed by atoms with E-state index in [2.05, 4.69) is 15.3 Å². The first kappa shape index (κ1) is 14.8. The Bertz CT molecular complexity index is 642. The molecular weight excluding hydrogens is 300 g/mol. The maximum atomic E-state index is 12.5. The minimum absolute atomic E-state index is 0.00564. The lowest BCUT2D eigenvalue weighted by Crippen LogP contribution is -2.42. The SMILES string of the molecule is O=C(c1ccccc1Cl)N1CCC(Nc2ccncn2)CC1. The second-order valence-corrected chi connectivity index (χ2v) is 5.69. The molecule has 0 saturated carbocycles. The van der Waals surface area contributed by atoms with Gasteiger partial charge in [0.05, 0.1) is 10.6 Å². The van der Waals surface area contributed by atoms with Crippen molar-refractivity contribution in [2.24, 2.45) is 0 Å². The van der Waals surface area contributed by atoms with Crippen LogP contribution in [-0.4, -0.2) is 39.9 Å². The number of hydrogen-bond donors (Lipinski definition) is 1. The number of nitrogens with zero attached hydrogens (tertiary/aromatic N) is 3. The molecule has 1 aliphatic heterocycles. The smallest absolute Gasteiger partial charge is 0.255 e. The first-order valence-corrected chi connectivity index (χ1v) is 7.68. The summed E-state index contributed by atoms with van der Waals surface area (Å²) in [6.07, 6.45) is 5.02. The van der Waals surface area contributed by atoms with Gasteiger partial charge in [-0.15, -0.1) is 0 Å². The molecule has 5 nitrogen and oxygen atoms in total. The average Bonchev–Trinajstić information content (AvgIpc) is 2.56. The summed E-state index contributed by atoms with van der Waals surface area (Å²) < 4.78 is 0. The van der Waals surface area contributed by atoms with E-state index in [1.54, 1.807) is 18.3 Å². The number of anilines is 1. The van der Waals surface area contributed by atoms with Gasteiger partial charge in [-0.2, -0.15) is 0 Å². The molecule has 22 heavy (non-hydrogen) atoms. The number of likely N-dealkylation sites (tertiary alicyclic amines) is 1. The van der Waals surface area contributed by atoms with Crippen molar-refractivity contribution in [2.45, 2.75) is 18.9 Å². The third-order valence-corrected chi connectivity index (χ3v) is 4.15. The number of hydrogen-bond acceptors (Lipinski definition) is 4. The fourth-order valence-electron chi connectivity index (χ4n) is 2.62. The highest BCUT2D eigenvalue weighted by Gasteiger charge is 2.24. The fraction of sp³-hybridized carbons (Fsp3) is 0.312. The maximum absolute atomic E-state index is 12.5.